The van der Waals surface area contributed by atoms with Gasteiger partial charge in [-0.15, -0.1) is 0 Å². The number of hydrogen-bond donors (Lipinski definition) is 1. The molecule has 0 bridgehead atoms. The first-order valence-corrected chi connectivity index (χ1v) is 5.79. The molecule has 2 heterocycles. The summed E-state index contributed by atoms with van der Waals surface area (Å²) in [5.74, 6) is 0.786. The van der Waals surface area contributed by atoms with Gasteiger partial charge >= 0.3 is 0 Å². The molecule has 0 saturated carbocycles. The minimum atomic E-state index is 0.547. The fourth-order valence-corrected chi connectivity index (χ4v) is 2.00. The van der Waals surface area contributed by atoms with E-state index in [1.807, 2.05) is 31.0 Å². The van der Waals surface area contributed by atoms with Crippen LogP contribution in [0.3, 0.4) is 0 Å². The maximum absolute atomic E-state index is 5.82. The van der Waals surface area contributed by atoms with E-state index >= 15 is 0 Å². The Bertz CT molecular complexity index is 718. The highest BCUT2D eigenvalue weighted by Crippen LogP contribution is 2.28. The second-order valence-corrected chi connectivity index (χ2v) is 4.42. The van der Waals surface area contributed by atoms with Crippen molar-refractivity contribution in [3.8, 4) is 0 Å². The first-order valence-electron chi connectivity index (χ1n) is 5.79. The number of hydrogen-bond acceptors (Lipinski definition) is 7. The molecule has 0 aliphatic rings. The third-order valence-electron chi connectivity index (χ3n) is 2.91. The summed E-state index contributed by atoms with van der Waals surface area (Å²) in [4.78, 5) is 1.99. The number of nitrogens with zero attached hydrogens (tertiary/aromatic N) is 4. The molecule has 0 saturated heterocycles. The van der Waals surface area contributed by atoms with Crippen molar-refractivity contribution in [1.29, 1.82) is 0 Å². The quantitative estimate of drug-likeness (QED) is 0.716. The van der Waals surface area contributed by atoms with Gasteiger partial charge in [-0.3, -0.25) is 0 Å². The Labute approximate surface area is 108 Å². The topological polar surface area (TPSA) is 94.2 Å². The smallest absolute Gasteiger partial charge is 0.160 e. The van der Waals surface area contributed by atoms with E-state index in [1.165, 1.54) is 0 Å². The van der Waals surface area contributed by atoms with Gasteiger partial charge in [0.15, 0.2) is 11.0 Å². The van der Waals surface area contributed by atoms with Gasteiger partial charge in [0.2, 0.25) is 0 Å². The van der Waals surface area contributed by atoms with Crippen molar-refractivity contribution in [2.24, 2.45) is 0 Å². The summed E-state index contributed by atoms with van der Waals surface area (Å²) in [6, 6.07) is 5.56. The third-order valence-corrected chi connectivity index (χ3v) is 2.91. The Morgan fingerprint density at radius 1 is 1.21 bits per heavy atom. The van der Waals surface area contributed by atoms with Crippen LogP contribution in [0.4, 0.5) is 11.4 Å². The zero-order valence-electron chi connectivity index (χ0n) is 10.6. The van der Waals surface area contributed by atoms with Crippen LogP contribution in [-0.4, -0.2) is 22.5 Å². The predicted octanol–water partition coefficient (Wildman–Crippen LogP) is 1.74. The fourth-order valence-electron chi connectivity index (χ4n) is 2.00. The Kier molecular flexibility index (Phi) is 2.59. The van der Waals surface area contributed by atoms with Crippen molar-refractivity contribution in [2.75, 3.05) is 17.7 Å². The second kappa shape index (κ2) is 4.27. The molecule has 7 heteroatoms. The minimum absolute atomic E-state index is 0.547. The fraction of sp³-hybridized carbons (Fsp3) is 0.250. The predicted molar refractivity (Wildman–Crippen MR) is 69.6 cm³/mol. The lowest BCUT2D eigenvalue weighted by Gasteiger charge is -2.17. The molecule has 98 valence electrons. The number of fused-ring (bicyclic) bond motifs is 1. The Morgan fingerprint density at radius 2 is 2.00 bits per heavy atom. The summed E-state index contributed by atoms with van der Waals surface area (Å²) < 4.78 is 9.80. The molecule has 0 aliphatic heterocycles. The number of nitrogens with two attached hydrogens (primary N) is 1. The highest BCUT2D eigenvalue weighted by Gasteiger charge is 2.14. The standard InChI is InChI=1S/C12H13N5O2/c1-7-5-8(14-18-7)6-17(2)10-4-3-9(13)11-12(10)16-19-15-11/h3-5H,6,13H2,1-2H3. The summed E-state index contributed by atoms with van der Waals surface area (Å²) in [5.41, 5.74) is 9.30. The number of benzene rings is 1. The van der Waals surface area contributed by atoms with Crippen molar-refractivity contribution in [1.82, 2.24) is 15.5 Å². The SMILES string of the molecule is Cc1cc(CN(C)c2ccc(N)c3nonc23)no1. The monoisotopic (exact) mass is 259 g/mol. The van der Waals surface area contributed by atoms with E-state index in [0.717, 1.165) is 17.1 Å². The molecular formula is C12H13N5O2. The molecule has 3 aromatic rings. The van der Waals surface area contributed by atoms with Crippen molar-refractivity contribution in [2.45, 2.75) is 13.5 Å². The van der Waals surface area contributed by atoms with Crippen LogP contribution in [-0.2, 0) is 6.54 Å². The average Bonchev–Trinajstić information content (AvgIpc) is 2.99. The molecule has 1 aromatic carbocycles. The maximum Gasteiger partial charge on any atom is 0.160 e. The summed E-state index contributed by atoms with van der Waals surface area (Å²) >= 11 is 0. The molecule has 3 rings (SSSR count). The highest BCUT2D eigenvalue weighted by atomic mass is 16.6. The summed E-state index contributed by atoms with van der Waals surface area (Å²) in [6.45, 7) is 2.46. The van der Waals surface area contributed by atoms with Crippen molar-refractivity contribution in [3.05, 3.63) is 29.7 Å². The van der Waals surface area contributed by atoms with Crippen LogP contribution < -0.4 is 10.6 Å². The van der Waals surface area contributed by atoms with Crippen LogP contribution in [0, 0.1) is 6.92 Å². The normalized spacial score (nSPS) is 11.1. The van der Waals surface area contributed by atoms with Crippen molar-refractivity contribution < 1.29 is 9.15 Å². The lowest BCUT2D eigenvalue weighted by Crippen LogP contribution is -2.17. The van der Waals surface area contributed by atoms with Crippen LogP contribution in [0.5, 0.6) is 0 Å². The molecule has 0 atom stereocenters. The second-order valence-electron chi connectivity index (χ2n) is 4.42. The third kappa shape index (κ3) is 1.99. The molecule has 0 spiro atoms. The lowest BCUT2D eigenvalue weighted by molar-refractivity contribution is 0.315. The molecule has 0 aliphatic carbocycles. The highest BCUT2D eigenvalue weighted by molar-refractivity contribution is 5.95. The van der Waals surface area contributed by atoms with Crippen LogP contribution in [0.2, 0.25) is 0 Å². The largest absolute Gasteiger partial charge is 0.397 e. The molecule has 7 nitrogen and oxygen atoms in total. The average molecular weight is 259 g/mol. The van der Waals surface area contributed by atoms with E-state index in [-0.39, 0.29) is 0 Å². The molecular weight excluding hydrogens is 246 g/mol. The molecule has 19 heavy (non-hydrogen) atoms. The zero-order valence-corrected chi connectivity index (χ0v) is 10.6. The van der Waals surface area contributed by atoms with Gasteiger partial charge in [-0.05, 0) is 29.4 Å². The molecule has 2 aromatic heterocycles. The number of anilines is 2. The molecule has 0 unspecified atom stereocenters. The van der Waals surface area contributed by atoms with Gasteiger partial charge in [-0.1, -0.05) is 5.16 Å². The molecule has 2 N–H and O–H groups in total. The zero-order chi connectivity index (χ0) is 13.4. The first-order chi connectivity index (χ1) is 9.15. The van der Waals surface area contributed by atoms with Gasteiger partial charge in [0.1, 0.15) is 11.5 Å². The molecule has 0 radical (unpaired) electrons. The van der Waals surface area contributed by atoms with Gasteiger partial charge < -0.3 is 15.2 Å². The summed E-state index contributed by atoms with van der Waals surface area (Å²) in [6.07, 6.45) is 0. The van der Waals surface area contributed by atoms with E-state index in [0.29, 0.717) is 23.3 Å². The van der Waals surface area contributed by atoms with Gasteiger partial charge in [0.25, 0.3) is 0 Å². The number of aromatic nitrogens is 3. The van der Waals surface area contributed by atoms with E-state index in [1.54, 1.807) is 6.07 Å². The number of nitrogen functional groups attached to an aromatic ring is 1. The molecule has 0 amide bonds. The minimum Gasteiger partial charge on any atom is -0.397 e. The van der Waals surface area contributed by atoms with Crippen molar-refractivity contribution in [3.63, 3.8) is 0 Å². The van der Waals surface area contributed by atoms with E-state index in [4.69, 9.17) is 14.9 Å². The summed E-state index contributed by atoms with van der Waals surface area (Å²) in [5, 5.41) is 11.7. The Morgan fingerprint density at radius 3 is 2.74 bits per heavy atom. The van der Waals surface area contributed by atoms with E-state index < -0.39 is 0 Å². The van der Waals surface area contributed by atoms with Crippen LogP contribution in [0.15, 0.2) is 27.4 Å². The summed E-state index contributed by atoms with van der Waals surface area (Å²) in [7, 11) is 1.93. The van der Waals surface area contributed by atoms with Gasteiger partial charge in [0.05, 0.1) is 17.9 Å². The molecule has 0 fully saturated rings. The van der Waals surface area contributed by atoms with E-state index in [9.17, 15) is 0 Å². The van der Waals surface area contributed by atoms with Gasteiger partial charge in [0, 0.05) is 13.1 Å². The van der Waals surface area contributed by atoms with Gasteiger partial charge in [-0.25, -0.2) is 4.63 Å². The number of aryl methyl sites for hydroxylation is 1. The first kappa shape index (κ1) is 11.5. The van der Waals surface area contributed by atoms with Crippen molar-refractivity contribution >= 4 is 22.4 Å². The van der Waals surface area contributed by atoms with Crippen LogP contribution in [0.25, 0.3) is 11.0 Å². The Balaban J connectivity index is 1.95. The number of rotatable bonds is 3. The maximum atomic E-state index is 5.82. The van der Waals surface area contributed by atoms with Crippen LogP contribution >= 0.6 is 0 Å². The Hall–Kier alpha value is -2.57. The van der Waals surface area contributed by atoms with E-state index in [2.05, 4.69) is 15.5 Å². The van der Waals surface area contributed by atoms with Gasteiger partial charge in [-0.2, -0.15) is 0 Å². The lowest BCUT2D eigenvalue weighted by atomic mass is 10.2. The van der Waals surface area contributed by atoms with Crippen LogP contribution in [0.1, 0.15) is 11.5 Å².